The highest BCUT2D eigenvalue weighted by atomic mass is 32.1. The smallest absolute Gasteiger partial charge is 0.351 e. The molecule has 0 aliphatic carbocycles. The summed E-state index contributed by atoms with van der Waals surface area (Å²) in [6, 6.07) is 1.78. The molecule has 0 saturated heterocycles. The second-order valence-electron chi connectivity index (χ2n) is 4.39. The molecular formula is C10H12N4O2S. The predicted molar refractivity (Wildman–Crippen MR) is 62.2 cm³/mol. The van der Waals surface area contributed by atoms with E-state index >= 15 is 0 Å². The maximum absolute atomic E-state index is 11.9. The molecule has 7 heteroatoms. The maximum Gasteiger partial charge on any atom is 0.351 e. The lowest BCUT2D eigenvalue weighted by Crippen LogP contribution is -2.24. The quantitative estimate of drug-likeness (QED) is 0.760. The average molecular weight is 252 g/mol. The number of rotatable bonds is 2. The van der Waals surface area contributed by atoms with Gasteiger partial charge < -0.3 is 4.74 Å². The molecule has 0 aromatic carbocycles. The second-order valence-corrected chi connectivity index (χ2v) is 5.31. The Bertz CT molecular complexity index is 513. The van der Waals surface area contributed by atoms with E-state index in [-0.39, 0.29) is 5.97 Å². The third kappa shape index (κ3) is 2.68. The van der Waals surface area contributed by atoms with Gasteiger partial charge in [0.25, 0.3) is 0 Å². The van der Waals surface area contributed by atoms with E-state index in [0.717, 1.165) is 0 Å². The topological polar surface area (TPSA) is 69.9 Å². The van der Waals surface area contributed by atoms with Crippen molar-refractivity contribution in [3.63, 3.8) is 0 Å². The van der Waals surface area contributed by atoms with Crippen molar-refractivity contribution in [3.8, 4) is 5.69 Å². The molecule has 0 N–H and O–H groups in total. The molecule has 0 bridgehead atoms. The number of thiophene rings is 1. The van der Waals surface area contributed by atoms with Gasteiger partial charge in [0, 0.05) is 0 Å². The van der Waals surface area contributed by atoms with Crippen LogP contribution in [0.1, 0.15) is 30.4 Å². The molecule has 0 spiro atoms. The van der Waals surface area contributed by atoms with Crippen molar-refractivity contribution in [2.45, 2.75) is 26.4 Å². The zero-order valence-corrected chi connectivity index (χ0v) is 10.6. The number of esters is 1. The molecule has 2 aromatic rings. The SMILES string of the molecule is CC(C)(C)OC(=O)c1sccc1-n1cnnn1. The van der Waals surface area contributed by atoms with Gasteiger partial charge in [0.05, 0.1) is 5.69 Å². The third-order valence-corrected chi connectivity index (χ3v) is 2.71. The molecule has 90 valence electrons. The predicted octanol–water partition coefficient (Wildman–Crippen LogP) is 1.68. The number of hydrogen-bond acceptors (Lipinski definition) is 6. The normalized spacial score (nSPS) is 11.5. The van der Waals surface area contributed by atoms with Gasteiger partial charge in [0.15, 0.2) is 0 Å². The van der Waals surface area contributed by atoms with Crippen LogP contribution in [0.3, 0.4) is 0 Å². The van der Waals surface area contributed by atoms with Crippen LogP contribution in [0.5, 0.6) is 0 Å². The number of carbonyl (C=O) groups excluding carboxylic acids is 1. The van der Waals surface area contributed by atoms with E-state index in [1.807, 2.05) is 20.8 Å². The summed E-state index contributed by atoms with van der Waals surface area (Å²) in [5.74, 6) is -0.363. The molecule has 0 aliphatic heterocycles. The summed E-state index contributed by atoms with van der Waals surface area (Å²) in [6.07, 6.45) is 1.44. The van der Waals surface area contributed by atoms with Gasteiger partial charge in [-0.25, -0.2) is 4.79 Å². The van der Waals surface area contributed by atoms with E-state index in [2.05, 4.69) is 15.5 Å². The summed E-state index contributed by atoms with van der Waals surface area (Å²) in [7, 11) is 0. The fourth-order valence-corrected chi connectivity index (χ4v) is 1.99. The number of nitrogens with zero attached hydrogens (tertiary/aromatic N) is 4. The van der Waals surface area contributed by atoms with Crippen molar-refractivity contribution in [2.24, 2.45) is 0 Å². The van der Waals surface area contributed by atoms with E-state index in [1.165, 1.54) is 22.3 Å². The lowest BCUT2D eigenvalue weighted by molar-refractivity contribution is 0.00752. The van der Waals surface area contributed by atoms with Crippen molar-refractivity contribution in [2.75, 3.05) is 0 Å². The Labute approximate surface area is 102 Å². The van der Waals surface area contributed by atoms with E-state index in [9.17, 15) is 4.79 Å². The Kier molecular flexibility index (Phi) is 2.93. The largest absolute Gasteiger partial charge is 0.456 e. The number of aromatic nitrogens is 4. The fourth-order valence-electron chi connectivity index (χ4n) is 1.23. The van der Waals surface area contributed by atoms with Crippen molar-refractivity contribution in [1.29, 1.82) is 0 Å². The number of carbonyl (C=O) groups is 1. The molecule has 0 radical (unpaired) electrons. The van der Waals surface area contributed by atoms with E-state index in [4.69, 9.17) is 4.74 Å². The van der Waals surface area contributed by atoms with Crippen LogP contribution >= 0.6 is 11.3 Å². The highest BCUT2D eigenvalue weighted by molar-refractivity contribution is 7.12. The van der Waals surface area contributed by atoms with Gasteiger partial charge in [-0.1, -0.05) is 0 Å². The first-order valence-corrected chi connectivity index (χ1v) is 5.89. The van der Waals surface area contributed by atoms with E-state index in [1.54, 1.807) is 11.4 Å². The molecule has 0 unspecified atom stereocenters. The lowest BCUT2D eigenvalue weighted by atomic mass is 10.2. The minimum absolute atomic E-state index is 0.363. The van der Waals surface area contributed by atoms with Crippen LogP contribution in [-0.4, -0.2) is 31.8 Å². The van der Waals surface area contributed by atoms with Crippen molar-refractivity contribution >= 4 is 17.3 Å². The van der Waals surface area contributed by atoms with Crippen LogP contribution in [-0.2, 0) is 4.74 Å². The van der Waals surface area contributed by atoms with Crippen LogP contribution in [0.2, 0.25) is 0 Å². The van der Waals surface area contributed by atoms with E-state index < -0.39 is 5.60 Å². The van der Waals surface area contributed by atoms with Gasteiger partial charge in [-0.05, 0) is 42.6 Å². The van der Waals surface area contributed by atoms with Crippen LogP contribution in [0.15, 0.2) is 17.8 Å². The zero-order valence-electron chi connectivity index (χ0n) is 9.75. The minimum atomic E-state index is -0.515. The Balaban J connectivity index is 2.29. The molecule has 6 nitrogen and oxygen atoms in total. The molecule has 0 aliphatic rings. The fraction of sp³-hybridized carbons (Fsp3) is 0.400. The molecule has 17 heavy (non-hydrogen) atoms. The number of tetrazole rings is 1. The minimum Gasteiger partial charge on any atom is -0.456 e. The van der Waals surface area contributed by atoms with Crippen LogP contribution in [0.4, 0.5) is 0 Å². The van der Waals surface area contributed by atoms with Crippen molar-refractivity contribution in [1.82, 2.24) is 20.2 Å². The summed E-state index contributed by atoms with van der Waals surface area (Å²) < 4.78 is 6.75. The third-order valence-electron chi connectivity index (χ3n) is 1.82. The Morgan fingerprint density at radius 2 is 2.24 bits per heavy atom. The molecule has 2 heterocycles. The number of ether oxygens (including phenoxy) is 1. The standard InChI is InChI=1S/C10H12N4O2S/c1-10(2,3)16-9(15)8-7(4-5-17-8)14-6-11-12-13-14/h4-6H,1-3H3. The molecular weight excluding hydrogens is 240 g/mol. The second kappa shape index (κ2) is 4.25. The summed E-state index contributed by atoms with van der Waals surface area (Å²) in [5, 5.41) is 12.6. The first kappa shape index (κ1) is 11.7. The highest BCUT2D eigenvalue weighted by Gasteiger charge is 2.22. The lowest BCUT2D eigenvalue weighted by Gasteiger charge is -2.19. The van der Waals surface area contributed by atoms with Gasteiger partial charge in [0.2, 0.25) is 0 Å². The first-order chi connectivity index (χ1) is 7.97. The van der Waals surface area contributed by atoms with Gasteiger partial charge in [-0.15, -0.1) is 16.4 Å². The Morgan fingerprint density at radius 3 is 2.82 bits per heavy atom. The van der Waals surface area contributed by atoms with Crippen molar-refractivity contribution < 1.29 is 9.53 Å². The van der Waals surface area contributed by atoms with Crippen LogP contribution < -0.4 is 0 Å². The average Bonchev–Trinajstić information content (AvgIpc) is 2.85. The Hall–Kier alpha value is -1.76. The Morgan fingerprint density at radius 1 is 1.47 bits per heavy atom. The molecule has 0 fully saturated rings. The van der Waals surface area contributed by atoms with Crippen molar-refractivity contribution in [3.05, 3.63) is 22.7 Å². The van der Waals surface area contributed by atoms with Crippen LogP contribution in [0.25, 0.3) is 5.69 Å². The maximum atomic E-state index is 11.9. The summed E-state index contributed by atoms with van der Waals surface area (Å²) >= 11 is 1.31. The van der Waals surface area contributed by atoms with E-state index in [0.29, 0.717) is 10.6 Å². The summed E-state index contributed by atoms with van der Waals surface area (Å²) in [4.78, 5) is 12.4. The molecule has 0 amide bonds. The van der Waals surface area contributed by atoms with Gasteiger partial charge >= 0.3 is 5.97 Å². The zero-order chi connectivity index (χ0) is 12.5. The summed E-state index contributed by atoms with van der Waals surface area (Å²) in [5.41, 5.74) is 0.119. The number of hydrogen-bond donors (Lipinski definition) is 0. The summed E-state index contributed by atoms with van der Waals surface area (Å²) in [6.45, 7) is 5.49. The molecule has 0 atom stereocenters. The van der Waals surface area contributed by atoms with Crippen LogP contribution in [0, 0.1) is 0 Å². The van der Waals surface area contributed by atoms with Gasteiger partial charge in [-0.3, -0.25) is 0 Å². The molecule has 0 saturated carbocycles. The molecule has 2 aromatic heterocycles. The van der Waals surface area contributed by atoms with Gasteiger partial charge in [-0.2, -0.15) is 4.68 Å². The monoisotopic (exact) mass is 252 g/mol. The van der Waals surface area contributed by atoms with Gasteiger partial charge in [0.1, 0.15) is 16.8 Å². The molecule has 2 rings (SSSR count). The highest BCUT2D eigenvalue weighted by Crippen LogP contribution is 2.23. The first-order valence-electron chi connectivity index (χ1n) is 5.01.